The molecular formula is C23H32N6. The first-order valence-corrected chi connectivity index (χ1v) is 10.9. The number of aromatic nitrogens is 3. The Kier molecular flexibility index (Phi) is 6.75. The number of hydrogen-bond donors (Lipinski definition) is 1. The molecule has 2 aromatic heterocycles. The normalized spacial score (nSPS) is 16.6. The highest BCUT2D eigenvalue weighted by Crippen LogP contribution is 2.32. The highest BCUT2D eigenvalue weighted by Gasteiger charge is 2.25. The second kappa shape index (κ2) is 9.85. The third kappa shape index (κ3) is 4.95. The Labute approximate surface area is 173 Å². The second-order valence-corrected chi connectivity index (χ2v) is 7.84. The van der Waals surface area contributed by atoms with Crippen LogP contribution in [0, 0.1) is 0 Å². The van der Waals surface area contributed by atoms with Crippen LogP contribution in [0.4, 0.5) is 0 Å². The van der Waals surface area contributed by atoms with Crippen LogP contribution in [0.15, 0.2) is 60.2 Å². The van der Waals surface area contributed by atoms with Crippen molar-refractivity contribution >= 4 is 0 Å². The molecule has 0 radical (unpaired) electrons. The van der Waals surface area contributed by atoms with E-state index in [0.29, 0.717) is 0 Å². The Morgan fingerprint density at radius 3 is 2.86 bits per heavy atom. The summed E-state index contributed by atoms with van der Waals surface area (Å²) < 4.78 is 2.22. The van der Waals surface area contributed by atoms with Gasteiger partial charge in [-0.25, -0.2) is 9.99 Å². The molecule has 6 nitrogen and oxygen atoms in total. The molecule has 6 heteroatoms. The van der Waals surface area contributed by atoms with Crippen molar-refractivity contribution in [2.24, 2.45) is 5.73 Å². The molecule has 0 saturated heterocycles. The van der Waals surface area contributed by atoms with Crippen LogP contribution in [0.5, 0.6) is 0 Å². The lowest BCUT2D eigenvalue weighted by Crippen LogP contribution is -2.44. The smallest absolute Gasteiger partial charge is 0.125 e. The van der Waals surface area contributed by atoms with Crippen molar-refractivity contribution in [1.29, 1.82) is 0 Å². The minimum atomic E-state index is 0.746. The largest absolute Gasteiger partial charge is 0.330 e. The number of nitrogens with two attached hydrogens (primary N) is 1. The summed E-state index contributed by atoms with van der Waals surface area (Å²) in [6, 6.07) is 6.06. The first-order valence-electron chi connectivity index (χ1n) is 10.9. The number of hydrazine groups is 1. The topological polar surface area (TPSA) is 63.2 Å². The Morgan fingerprint density at radius 2 is 2.00 bits per heavy atom. The molecule has 0 spiro atoms. The van der Waals surface area contributed by atoms with E-state index < -0.39 is 0 Å². The maximum atomic E-state index is 5.77. The minimum Gasteiger partial charge on any atom is -0.330 e. The molecule has 0 bridgehead atoms. The molecule has 0 saturated carbocycles. The van der Waals surface area contributed by atoms with Gasteiger partial charge in [0, 0.05) is 30.8 Å². The third-order valence-corrected chi connectivity index (χ3v) is 5.79. The van der Waals surface area contributed by atoms with E-state index in [4.69, 9.17) is 5.73 Å². The number of imidazole rings is 1. The van der Waals surface area contributed by atoms with Crippen LogP contribution in [0.1, 0.15) is 50.0 Å². The van der Waals surface area contributed by atoms with Crippen LogP contribution in [0.3, 0.4) is 0 Å². The molecule has 0 aromatic carbocycles. The number of unbranched alkanes of at least 4 members (excludes halogenated alkanes) is 1. The maximum Gasteiger partial charge on any atom is 0.125 e. The molecule has 2 N–H and O–H groups in total. The molecule has 1 aliphatic carbocycles. The second-order valence-electron chi connectivity index (χ2n) is 7.84. The SMILES string of the molecule is NCCCCN(Cc1nccn1Cc1ccccn1)N1CC=CC2=C1CCCC2. The van der Waals surface area contributed by atoms with Crippen LogP contribution in [0.2, 0.25) is 0 Å². The van der Waals surface area contributed by atoms with E-state index in [1.807, 2.05) is 24.5 Å². The number of hydrogen-bond acceptors (Lipinski definition) is 5. The zero-order chi connectivity index (χ0) is 19.9. The number of pyridine rings is 1. The van der Waals surface area contributed by atoms with Crippen molar-refractivity contribution < 1.29 is 0 Å². The minimum absolute atomic E-state index is 0.746. The van der Waals surface area contributed by atoms with Crippen molar-refractivity contribution in [3.63, 3.8) is 0 Å². The van der Waals surface area contributed by atoms with Gasteiger partial charge in [0.05, 0.1) is 25.3 Å². The van der Waals surface area contributed by atoms with Crippen molar-refractivity contribution in [1.82, 2.24) is 24.6 Å². The van der Waals surface area contributed by atoms with Gasteiger partial charge in [0.15, 0.2) is 0 Å². The average Bonchev–Trinajstić information content (AvgIpc) is 3.20. The van der Waals surface area contributed by atoms with Gasteiger partial charge < -0.3 is 15.3 Å². The molecule has 4 rings (SSSR count). The van der Waals surface area contributed by atoms with E-state index in [1.54, 1.807) is 0 Å². The highest BCUT2D eigenvalue weighted by molar-refractivity contribution is 5.30. The van der Waals surface area contributed by atoms with Crippen molar-refractivity contribution in [2.45, 2.75) is 51.6 Å². The van der Waals surface area contributed by atoms with Crippen LogP contribution in [0.25, 0.3) is 0 Å². The monoisotopic (exact) mass is 392 g/mol. The molecular weight excluding hydrogens is 360 g/mol. The molecule has 29 heavy (non-hydrogen) atoms. The van der Waals surface area contributed by atoms with Gasteiger partial charge in [0.25, 0.3) is 0 Å². The lowest BCUT2D eigenvalue weighted by atomic mass is 9.94. The molecule has 154 valence electrons. The molecule has 2 aromatic rings. The maximum absolute atomic E-state index is 5.77. The van der Waals surface area contributed by atoms with Crippen molar-refractivity contribution in [3.8, 4) is 0 Å². The van der Waals surface area contributed by atoms with Crippen LogP contribution in [-0.4, -0.2) is 44.2 Å². The summed E-state index contributed by atoms with van der Waals surface area (Å²) in [5.74, 6) is 1.08. The van der Waals surface area contributed by atoms with Gasteiger partial charge in [-0.3, -0.25) is 4.98 Å². The molecule has 2 aliphatic rings. The van der Waals surface area contributed by atoms with Gasteiger partial charge in [0.1, 0.15) is 5.82 Å². The van der Waals surface area contributed by atoms with Gasteiger partial charge in [-0.05, 0) is 62.8 Å². The fraction of sp³-hybridized carbons (Fsp3) is 0.478. The summed E-state index contributed by atoms with van der Waals surface area (Å²) in [5.41, 5.74) is 9.85. The summed E-state index contributed by atoms with van der Waals surface area (Å²) in [6.45, 7) is 4.24. The quantitative estimate of drug-likeness (QED) is 0.662. The van der Waals surface area contributed by atoms with E-state index >= 15 is 0 Å². The van der Waals surface area contributed by atoms with Crippen LogP contribution < -0.4 is 5.73 Å². The zero-order valence-corrected chi connectivity index (χ0v) is 17.2. The molecule has 0 unspecified atom stereocenters. The molecule has 3 heterocycles. The summed E-state index contributed by atoms with van der Waals surface area (Å²) >= 11 is 0. The third-order valence-electron chi connectivity index (χ3n) is 5.79. The van der Waals surface area contributed by atoms with E-state index in [0.717, 1.165) is 57.1 Å². The summed E-state index contributed by atoms with van der Waals surface area (Å²) in [4.78, 5) is 9.16. The van der Waals surface area contributed by atoms with E-state index in [1.165, 1.54) is 37.0 Å². The fourth-order valence-corrected chi connectivity index (χ4v) is 4.27. The highest BCUT2D eigenvalue weighted by atomic mass is 15.6. The molecule has 0 fully saturated rings. The standard InChI is InChI=1S/C23H32N6/c24-12-4-6-15-28(29-16-7-9-20-8-1-2-11-22(20)29)19-23-26-14-17-27(23)18-21-10-3-5-13-25-21/h3,5,7,9-10,13-14,17H,1-2,4,6,8,11-12,15-16,18-19,24H2. The summed E-state index contributed by atoms with van der Waals surface area (Å²) in [7, 11) is 0. The Bertz CT molecular complexity index is 838. The van der Waals surface area contributed by atoms with Crippen molar-refractivity contribution in [3.05, 3.63) is 71.7 Å². The summed E-state index contributed by atoms with van der Waals surface area (Å²) in [6.07, 6.45) is 17.6. The number of allylic oxidation sites excluding steroid dienone is 3. The van der Waals surface area contributed by atoms with Crippen molar-refractivity contribution in [2.75, 3.05) is 19.6 Å². The van der Waals surface area contributed by atoms with E-state index in [2.05, 4.69) is 49.0 Å². The van der Waals surface area contributed by atoms with E-state index in [-0.39, 0.29) is 0 Å². The Hall–Kier alpha value is -2.44. The zero-order valence-electron chi connectivity index (χ0n) is 17.2. The number of rotatable bonds is 9. The fourth-order valence-electron chi connectivity index (χ4n) is 4.27. The predicted molar refractivity (Wildman–Crippen MR) is 116 cm³/mol. The Morgan fingerprint density at radius 1 is 1.07 bits per heavy atom. The predicted octanol–water partition coefficient (Wildman–Crippen LogP) is 3.48. The van der Waals surface area contributed by atoms with Crippen LogP contribution in [-0.2, 0) is 13.1 Å². The average molecular weight is 393 g/mol. The van der Waals surface area contributed by atoms with Gasteiger partial charge >= 0.3 is 0 Å². The lowest BCUT2D eigenvalue weighted by molar-refractivity contribution is -0.00195. The first kappa shape index (κ1) is 19.9. The van der Waals surface area contributed by atoms with Gasteiger partial charge in [-0.1, -0.05) is 18.2 Å². The molecule has 0 atom stereocenters. The molecule has 1 aliphatic heterocycles. The number of nitrogens with zero attached hydrogens (tertiary/aromatic N) is 5. The van der Waals surface area contributed by atoms with Crippen LogP contribution >= 0.6 is 0 Å². The summed E-state index contributed by atoms with van der Waals surface area (Å²) in [5, 5.41) is 4.99. The van der Waals surface area contributed by atoms with Gasteiger partial charge in [0.2, 0.25) is 0 Å². The first-order chi connectivity index (χ1) is 14.3. The lowest BCUT2D eigenvalue weighted by Gasteiger charge is -2.41. The van der Waals surface area contributed by atoms with Gasteiger partial charge in [-0.2, -0.15) is 0 Å². The Balaban J connectivity index is 1.53. The van der Waals surface area contributed by atoms with E-state index in [9.17, 15) is 0 Å². The molecule has 0 amide bonds. The van der Waals surface area contributed by atoms with Gasteiger partial charge in [-0.15, -0.1) is 0 Å².